The van der Waals surface area contributed by atoms with Gasteiger partial charge in [0, 0.05) is 32.1 Å². The first kappa shape index (κ1) is 24.3. The zero-order valence-corrected chi connectivity index (χ0v) is 19.7. The number of benzene rings is 1. The van der Waals surface area contributed by atoms with Crippen LogP contribution in [0.5, 0.6) is 0 Å². The van der Waals surface area contributed by atoms with Gasteiger partial charge in [0.2, 0.25) is 11.8 Å². The number of morpholine rings is 1. The van der Waals surface area contributed by atoms with Crippen LogP contribution in [0.15, 0.2) is 24.3 Å². The van der Waals surface area contributed by atoms with Gasteiger partial charge in [-0.2, -0.15) is 0 Å². The second-order valence-electron chi connectivity index (χ2n) is 9.15. The average Bonchev–Trinajstić information content (AvgIpc) is 3.18. The van der Waals surface area contributed by atoms with Gasteiger partial charge in [0.05, 0.1) is 38.0 Å². The number of nitrogens with zero attached hydrogens (tertiary/aromatic N) is 3. The third kappa shape index (κ3) is 5.31. The summed E-state index contributed by atoms with van der Waals surface area (Å²) >= 11 is 0. The number of esters is 1. The van der Waals surface area contributed by atoms with Crippen molar-refractivity contribution in [1.29, 1.82) is 0 Å². The van der Waals surface area contributed by atoms with E-state index in [1.54, 1.807) is 17.0 Å². The predicted octanol–water partition coefficient (Wildman–Crippen LogP) is 1.85. The fraction of sp³-hybridized carbons (Fsp3) is 0.600. The molecule has 1 atom stereocenters. The topological polar surface area (TPSA) is 96.5 Å². The molecule has 3 amide bonds. The maximum Gasteiger partial charge on any atom is 0.337 e. The van der Waals surface area contributed by atoms with Crippen molar-refractivity contribution in [1.82, 2.24) is 9.80 Å². The molecule has 3 fully saturated rings. The minimum Gasteiger partial charge on any atom is -0.465 e. The fourth-order valence-electron chi connectivity index (χ4n) is 5.07. The highest BCUT2D eigenvalue weighted by molar-refractivity contribution is 6.23. The molecule has 4 rings (SSSR count). The van der Waals surface area contributed by atoms with E-state index in [2.05, 4.69) is 4.90 Å². The summed E-state index contributed by atoms with van der Waals surface area (Å²) < 4.78 is 10.1. The predicted molar refractivity (Wildman–Crippen MR) is 124 cm³/mol. The molecule has 3 aliphatic rings. The fourth-order valence-corrected chi connectivity index (χ4v) is 5.07. The first-order chi connectivity index (χ1) is 16.5. The molecule has 0 spiro atoms. The summed E-state index contributed by atoms with van der Waals surface area (Å²) in [6, 6.07) is 5.37. The monoisotopic (exact) mass is 471 g/mol. The van der Waals surface area contributed by atoms with Crippen LogP contribution >= 0.6 is 0 Å². The zero-order valence-electron chi connectivity index (χ0n) is 19.7. The van der Waals surface area contributed by atoms with Crippen LogP contribution < -0.4 is 4.90 Å². The maximum absolute atomic E-state index is 13.6. The van der Waals surface area contributed by atoms with Crippen LogP contribution in [-0.4, -0.2) is 86.0 Å². The summed E-state index contributed by atoms with van der Waals surface area (Å²) in [5.41, 5.74) is 0.727. The Balaban J connectivity index is 1.52. The highest BCUT2D eigenvalue weighted by Crippen LogP contribution is 2.30. The van der Waals surface area contributed by atoms with Crippen molar-refractivity contribution in [3.63, 3.8) is 0 Å². The molecular weight excluding hydrogens is 438 g/mol. The van der Waals surface area contributed by atoms with Gasteiger partial charge in [0.1, 0.15) is 6.04 Å². The van der Waals surface area contributed by atoms with E-state index in [4.69, 9.17) is 9.47 Å². The number of ether oxygens (including phenoxy) is 2. The largest absolute Gasteiger partial charge is 0.465 e. The Hall–Kier alpha value is -2.78. The average molecular weight is 472 g/mol. The van der Waals surface area contributed by atoms with Crippen molar-refractivity contribution in [2.24, 2.45) is 5.92 Å². The van der Waals surface area contributed by atoms with Gasteiger partial charge in [0.15, 0.2) is 0 Å². The highest BCUT2D eigenvalue weighted by atomic mass is 16.5. The summed E-state index contributed by atoms with van der Waals surface area (Å²) in [6.07, 6.45) is 4.81. The van der Waals surface area contributed by atoms with Gasteiger partial charge in [-0.1, -0.05) is 19.3 Å². The Morgan fingerprint density at radius 3 is 2.38 bits per heavy atom. The maximum atomic E-state index is 13.6. The van der Waals surface area contributed by atoms with E-state index in [1.165, 1.54) is 19.2 Å². The van der Waals surface area contributed by atoms with Crippen molar-refractivity contribution < 1.29 is 28.7 Å². The van der Waals surface area contributed by atoms with E-state index < -0.39 is 12.0 Å². The summed E-state index contributed by atoms with van der Waals surface area (Å²) in [4.78, 5) is 56.7. The Bertz CT molecular complexity index is 906. The Morgan fingerprint density at radius 1 is 1.06 bits per heavy atom. The second-order valence-corrected chi connectivity index (χ2v) is 9.15. The van der Waals surface area contributed by atoms with Gasteiger partial charge in [-0.15, -0.1) is 0 Å². The van der Waals surface area contributed by atoms with Crippen molar-refractivity contribution in [3.8, 4) is 0 Å². The minimum atomic E-state index is -0.803. The molecule has 2 saturated heterocycles. The summed E-state index contributed by atoms with van der Waals surface area (Å²) in [7, 11) is 1.29. The van der Waals surface area contributed by atoms with Crippen LogP contribution in [0.2, 0.25) is 0 Å². The molecule has 0 aromatic heterocycles. The first-order valence-corrected chi connectivity index (χ1v) is 12.2. The quantitative estimate of drug-likeness (QED) is 0.442. The molecule has 1 saturated carbocycles. The molecule has 1 aromatic rings. The molecule has 34 heavy (non-hydrogen) atoms. The van der Waals surface area contributed by atoms with Crippen LogP contribution in [-0.2, 0) is 23.9 Å². The molecule has 184 valence electrons. The van der Waals surface area contributed by atoms with Gasteiger partial charge >= 0.3 is 5.97 Å². The lowest BCUT2D eigenvalue weighted by atomic mass is 9.88. The number of amides is 3. The molecule has 0 N–H and O–H groups in total. The zero-order chi connectivity index (χ0) is 24.1. The van der Waals surface area contributed by atoms with Gasteiger partial charge in [-0.25, -0.2) is 9.69 Å². The van der Waals surface area contributed by atoms with E-state index in [-0.39, 0.29) is 30.1 Å². The van der Waals surface area contributed by atoms with Crippen molar-refractivity contribution in [2.45, 2.75) is 44.6 Å². The molecule has 1 aromatic carbocycles. The van der Waals surface area contributed by atoms with Crippen molar-refractivity contribution in [2.75, 3.05) is 51.4 Å². The lowest BCUT2D eigenvalue weighted by molar-refractivity contribution is -0.143. The van der Waals surface area contributed by atoms with Gasteiger partial charge < -0.3 is 14.4 Å². The summed E-state index contributed by atoms with van der Waals surface area (Å²) in [5, 5.41) is 0. The molecule has 2 heterocycles. The number of hydrogen-bond acceptors (Lipinski definition) is 7. The Labute approximate surface area is 200 Å². The van der Waals surface area contributed by atoms with Crippen LogP contribution in [0.3, 0.4) is 0 Å². The van der Waals surface area contributed by atoms with E-state index in [9.17, 15) is 19.2 Å². The van der Waals surface area contributed by atoms with E-state index in [1.807, 2.05) is 0 Å². The van der Waals surface area contributed by atoms with Crippen LogP contribution in [0, 0.1) is 5.92 Å². The number of carbonyl (C=O) groups excluding carboxylic acids is 4. The first-order valence-electron chi connectivity index (χ1n) is 12.2. The molecule has 1 aliphatic carbocycles. The molecule has 0 radical (unpaired) electrons. The Kier molecular flexibility index (Phi) is 7.95. The summed E-state index contributed by atoms with van der Waals surface area (Å²) in [6.45, 7) is 3.96. The summed E-state index contributed by atoms with van der Waals surface area (Å²) in [5.74, 6) is -1.32. The SMILES string of the molecule is COC(=O)c1ccc(N2C(=O)CC(N(CCN3CCOCC3)C(=O)C3CCCCC3)C2=O)cc1. The normalized spacial score (nSPS) is 22.1. The van der Waals surface area contributed by atoms with E-state index in [0.29, 0.717) is 37.6 Å². The molecule has 9 heteroatoms. The molecular formula is C25H33N3O6. The van der Waals surface area contributed by atoms with Gasteiger partial charge in [-0.3, -0.25) is 19.3 Å². The third-order valence-electron chi connectivity index (χ3n) is 7.04. The number of rotatable bonds is 7. The second kappa shape index (κ2) is 11.1. The molecule has 2 aliphatic heterocycles. The third-order valence-corrected chi connectivity index (χ3v) is 7.04. The number of carbonyl (C=O) groups is 4. The van der Waals surface area contributed by atoms with E-state index in [0.717, 1.165) is 50.1 Å². The van der Waals surface area contributed by atoms with Crippen LogP contribution in [0.25, 0.3) is 0 Å². The van der Waals surface area contributed by atoms with Crippen molar-refractivity contribution in [3.05, 3.63) is 29.8 Å². The lowest BCUT2D eigenvalue weighted by Crippen LogP contribution is -2.51. The number of anilines is 1. The smallest absolute Gasteiger partial charge is 0.337 e. The standard InChI is InChI=1S/C25H33N3O6/c1-33-25(32)19-7-9-20(10-8-19)28-22(29)17-21(24(28)31)27(12-11-26-13-15-34-16-14-26)23(30)18-5-3-2-4-6-18/h7-10,18,21H,2-6,11-17H2,1H3. The van der Waals surface area contributed by atoms with Crippen molar-refractivity contribution >= 4 is 29.4 Å². The lowest BCUT2D eigenvalue weighted by Gasteiger charge is -2.35. The molecule has 1 unspecified atom stereocenters. The Morgan fingerprint density at radius 2 is 1.74 bits per heavy atom. The van der Waals surface area contributed by atoms with Crippen LogP contribution in [0.4, 0.5) is 5.69 Å². The number of methoxy groups -OCH3 is 1. The molecule has 9 nitrogen and oxygen atoms in total. The van der Waals surface area contributed by atoms with E-state index >= 15 is 0 Å². The van der Waals surface area contributed by atoms with Gasteiger partial charge in [-0.05, 0) is 37.1 Å². The van der Waals surface area contributed by atoms with Gasteiger partial charge in [0.25, 0.3) is 5.91 Å². The van der Waals surface area contributed by atoms with Crippen LogP contribution in [0.1, 0.15) is 48.9 Å². The number of hydrogen-bond donors (Lipinski definition) is 0. The molecule has 0 bridgehead atoms. The highest BCUT2D eigenvalue weighted by Gasteiger charge is 2.45. The minimum absolute atomic E-state index is 0.0120. The number of imide groups is 1.